The molecule has 142 valence electrons. The van der Waals surface area contributed by atoms with Gasteiger partial charge in [-0.2, -0.15) is 0 Å². The van der Waals surface area contributed by atoms with Crippen LogP contribution in [0.1, 0.15) is 52.4 Å². The molecule has 2 aliphatic heterocycles. The van der Waals surface area contributed by atoms with Crippen LogP contribution in [-0.2, 0) is 19.1 Å². The van der Waals surface area contributed by atoms with E-state index >= 15 is 0 Å². The number of esters is 1. The molecule has 0 radical (unpaired) electrons. The van der Waals surface area contributed by atoms with E-state index in [4.69, 9.17) is 9.47 Å². The molecule has 27 heavy (non-hydrogen) atoms. The number of carbonyl (C=O) groups excluding carboxylic acids is 2. The first kappa shape index (κ1) is 15.5. The predicted octanol–water partition coefficient (Wildman–Crippen LogP) is 3.36. The first-order chi connectivity index (χ1) is 12.8. The van der Waals surface area contributed by atoms with Crippen molar-refractivity contribution >= 4 is 11.8 Å². The molecule has 2 spiro atoms. The van der Waals surface area contributed by atoms with Gasteiger partial charge in [0.1, 0.15) is 11.2 Å². The zero-order valence-electron chi connectivity index (χ0n) is 16.0. The Bertz CT molecular complexity index is 887. The van der Waals surface area contributed by atoms with E-state index in [1.54, 1.807) is 6.08 Å². The van der Waals surface area contributed by atoms with Crippen molar-refractivity contribution < 1.29 is 19.1 Å². The predicted molar refractivity (Wildman–Crippen MR) is 96.5 cm³/mol. The second-order valence-electron chi connectivity index (χ2n) is 10.7. The molecule has 7 aliphatic rings. The molecule has 4 nitrogen and oxygen atoms in total. The quantitative estimate of drug-likeness (QED) is 0.487. The molecule has 0 bridgehead atoms. The third-order valence-corrected chi connectivity index (χ3v) is 10.0. The molecule has 2 saturated heterocycles. The zero-order valence-corrected chi connectivity index (χ0v) is 16.0. The second-order valence-corrected chi connectivity index (χ2v) is 10.7. The molecule has 4 heteroatoms. The van der Waals surface area contributed by atoms with E-state index in [9.17, 15) is 9.59 Å². The monoisotopic (exact) mass is 366 g/mol. The van der Waals surface area contributed by atoms with Gasteiger partial charge >= 0.3 is 5.97 Å². The largest absolute Gasteiger partial charge is 0.458 e. The van der Waals surface area contributed by atoms with Gasteiger partial charge in [-0.05, 0) is 74.9 Å². The highest BCUT2D eigenvalue weighted by Gasteiger charge is 2.85. The Labute approximate surface area is 159 Å². The fourth-order valence-electron chi connectivity index (χ4n) is 8.75. The average Bonchev–Trinajstić information content (AvgIpc) is 3.49. The lowest BCUT2D eigenvalue weighted by molar-refractivity contribution is -0.164. The minimum atomic E-state index is -0.257. The Morgan fingerprint density at radius 1 is 1.19 bits per heavy atom. The average molecular weight is 366 g/mol. The van der Waals surface area contributed by atoms with E-state index in [1.165, 1.54) is 12.0 Å². The normalized spacial score (nSPS) is 61.4. The van der Waals surface area contributed by atoms with Crippen molar-refractivity contribution in [3.05, 3.63) is 23.8 Å². The van der Waals surface area contributed by atoms with E-state index in [0.29, 0.717) is 30.1 Å². The van der Waals surface area contributed by atoms with E-state index in [0.717, 1.165) is 25.7 Å². The van der Waals surface area contributed by atoms with Gasteiger partial charge in [0.25, 0.3) is 0 Å². The van der Waals surface area contributed by atoms with Crippen LogP contribution >= 0.6 is 0 Å². The summed E-state index contributed by atoms with van der Waals surface area (Å²) in [5, 5.41) is 0. The molecule has 9 atom stereocenters. The number of epoxide rings is 1. The Balaban J connectivity index is 1.37. The maximum absolute atomic E-state index is 12.1. The van der Waals surface area contributed by atoms with Crippen molar-refractivity contribution in [2.45, 2.75) is 69.7 Å². The molecule has 0 aromatic carbocycles. The molecule has 0 aromatic rings. The summed E-state index contributed by atoms with van der Waals surface area (Å²) in [6.07, 6.45) is 11.9. The fourth-order valence-corrected chi connectivity index (χ4v) is 8.75. The van der Waals surface area contributed by atoms with Crippen molar-refractivity contribution in [1.29, 1.82) is 0 Å². The Morgan fingerprint density at radius 3 is 2.81 bits per heavy atom. The first-order valence-corrected chi connectivity index (χ1v) is 10.7. The van der Waals surface area contributed by atoms with Gasteiger partial charge in [0.05, 0.1) is 6.10 Å². The highest BCUT2D eigenvalue weighted by atomic mass is 16.6. The van der Waals surface area contributed by atoms with E-state index in [1.807, 2.05) is 6.08 Å². The Hall–Kier alpha value is -1.42. The van der Waals surface area contributed by atoms with Gasteiger partial charge in [-0.3, -0.25) is 9.59 Å². The lowest BCUT2D eigenvalue weighted by atomic mass is 9.47. The molecular weight excluding hydrogens is 340 g/mol. The maximum Gasteiger partial charge on any atom is 0.306 e. The van der Waals surface area contributed by atoms with Gasteiger partial charge < -0.3 is 9.47 Å². The third kappa shape index (κ3) is 1.43. The zero-order chi connectivity index (χ0) is 18.4. The summed E-state index contributed by atoms with van der Waals surface area (Å²) in [4.78, 5) is 24.1. The van der Waals surface area contributed by atoms with Crippen LogP contribution < -0.4 is 0 Å². The number of ether oxygens (including phenoxy) is 2. The lowest BCUT2D eigenvalue weighted by Gasteiger charge is -2.55. The van der Waals surface area contributed by atoms with Crippen molar-refractivity contribution in [1.82, 2.24) is 0 Å². The summed E-state index contributed by atoms with van der Waals surface area (Å²) < 4.78 is 12.7. The summed E-state index contributed by atoms with van der Waals surface area (Å²) >= 11 is 0. The van der Waals surface area contributed by atoms with Crippen LogP contribution in [-0.4, -0.2) is 29.1 Å². The van der Waals surface area contributed by atoms with E-state index < -0.39 is 0 Å². The molecule has 0 amide bonds. The first-order valence-electron chi connectivity index (χ1n) is 10.7. The summed E-state index contributed by atoms with van der Waals surface area (Å²) in [6.45, 7) is 4.70. The van der Waals surface area contributed by atoms with Crippen LogP contribution in [0.4, 0.5) is 0 Å². The molecule has 2 heterocycles. The van der Waals surface area contributed by atoms with E-state index in [-0.39, 0.29) is 39.9 Å². The van der Waals surface area contributed by atoms with Gasteiger partial charge in [-0.25, -0.2) is 0 Å². The number of allylic oxidation sites excluding steroid dienone is 2. The summed E-state index contributed by atoms with van der Waals surface area (Å²) in [5.41, 5.74) is 0.839. The smallest absolute Gasteiger partial charge is 0.306 e. The summed E-state index contributed by atoms with van der Waals surface area (Å²) in [5.74, 6) is 2.41. The SMILES string of the molecule is C[C@]12C=CC(=O)C=C1[C@@H]1C[C@@H]1[C@H]1[C@@H]3CC[C@@]4(CCC(=O)O4)[C@]3(C)CC3OC312. The molecule has 5 aliphatic carbocycles. The Kier molecular flexibility index (Phi) is 2.37. The molecule has 6 fully saturated rings. The van der Waals surface area contributed by atoms with Crippen molar-refractivity contribution in [3.8, 4) is 0 Å². The van der Waals surface area contributed by atoms with Crippen molar-refractivity contribution in [2.24, 2.45) is 34.5 Å². The molecule has 4 saturated carbocycles. The van der Waals surface area contributed by atoms with Crippen LogP contribution in [0.25, 0.3) is 0 Å². The van der Waals surface area contributed by atoms with Crippen LogP contribution in [0.15, 0.2) is 23.8 Å². The maximum atomic E-state index is 12.1. The summed E-state index contributed by atoms with van der Waals surface area (Å²) in [7, 11) is 0. The number of carbonyl (C=O) groups is 2. The minimum Gasteiger partial charge on any atom is -0.458 e. The molecule has 0 aromatic heterocycles. The van der Waals surface area contributed by atoms with Gasteiger partial charge in [0.15, 0.2) is 5.78 Å². The van der Waals surface area contributed by atoms with Crippen molar-refractivity contribution in [3.63, 3.8) is 0 Å². The van der Waals surface area contributed by atoms with Crippen LogP contribution in [0, 0.1) is 34.5 Å². The molecule has 7 rings (SSSR count). The number of hydrogen-bond donors (Lipinski definition) is 0. The van der Waals surface area contributed by atoms with Crippen molar-refractivity contribution in [2.75, 3.05) is 0 Å². The van der Waals surface area contributed by atoms with Gasteiger partial charge in [-0.15, -0.1) is 0 Å². The van der Waals surface area contributed by atoms with Gasteiger partial charge in [0, 0.05) is 17.3 Å². The third-order valence-electron chi connectivity index (χ3n) is 10.0. The second kappa shape index (κ2) is 4.12. The molecule has 2 unspecified atom stereocenters. The van der Waals surface area contributed by atoms with Crippen LogP contribution in [0.3, 0.4) is 0 Å². The number of ketones is 1. The standard InChI is InChI=1S/C23H26O4/c1-20-6-3-12(24)9-16(20)13-10-14(13)19-15-4-7-22(8-5-18(25)27-22)21(15,2)11-17-23(19,20)26-17/h3,6,9,13-15,17,19H,4-5,7-8,10-11H2,1-2H3/t13-,14+,15+,17?,19+,20+,21-,22-,23?/m1/s1. The summed E-state index contributed by atoms with van der Waals surface area (Å²) in [6, 6.07) is 0. The molecular formula is C23H26O4. The number of rotatable bonds is 0. The van der Waals surface area contributed by atoms with Gasteiger partial charge in [0.2, 0.25) is 0 Å². The highest BCUT2D eigenvalue weighted by Crippen LogP contribution is 2.82. The Morgan fingerprint density at radius 2 is 2.04 bits per heavy atom. The lowest BCUT2D eigenvalue weighted by Crippen LogP contribution is -2.60. The van der Waals surface area contributed by atoms with Crippen LogP contribution in [0.5, 0.6) is 0 Å². The molecule has 0 N–H and O–H groups in total. The number of hydrogen-bond acceptors (Lipinski definition) is 4. The highest BCUT2D eigenvalue weighted by molar-refractivity contribution is 6.01. The number of fused-ring (bicyclic) bond motifs is 7. The topological polar surface area (TPSA) is 55.9 Å². The fraction of sp³-hybridized carbons (Fsp3) is 0.739. The van der Waals surface area contributed by atoms with E-state index in [2.05, 4.69) is 19.9 Å². The minimum absolute atomic E-state index is 0.00993. The van der Waals surface area contributed by atoms with Gasteiger partial charge in [-0.1, -0.05) is 18.6 Å². The van der Waals surface area contributed by atoms with Crippen LogP contribution in [0.2, 0.25) is 0 Å².